The van der Waals surface area contributed by atoms with Gasteiger partial charge in [0.1, 0.15) is 0 Å². The van der Waals surface area contributed by atoms with Gasteiger partial charge in [-0.1, -0.05) is 66.1 Å². The molecule has 0 fully saturated rings. The Kier molecular flexibility index (Phi) is 5.97. The van der Waals surface area contributed by atoms with Gasteiger partial charge in [-0.15, -0.1) is 0 Å². The summed E-state index contributed by atoms with van der Waals surface area (Å²) in [5.41, 5.74) is 1.47. The van der Waals surface area contributed by atoms with E-state index >= 15 is 0 Å². The monoisotopic (exact) mass is 426 g/mol. The minimum absolute atomic E-state index is 0.0169. The number of halogens is 1. The largest absolute Gasteiger partial charge is 0.338 e. The molecule has 0 aliphatic heterocycles. The SMILES string of the molecule is CCCCn1c(SCc2nc(-c3cccc(Cl)c3)no2)nc2ccccc2c1=O. The summed E-state index contributed by atoms with van der Waals surface area (Å²) in [6.07, 6.45) is 1.91. The van der Waals surface area contributed by atoms with Crippen LogP contribution in [0.15, 0.2) is 63.0 Å². The van der Waals surface area contributed by atoms with Gasteiger partial charge in [0.2, 0.25) is 11.7 Å². The maximum Gasteiger partial charge on any atom is 0.262 e. The minimum Gasteiger partial charge on any atom is -0.338 e. The van der Waals surface area contributed by atoms with Crippen LogP contribution in [0.2, 0.25) is 5.02 Å². The van der Waals surface area contributed by atoms with Crippen LogP contribution in [0, 0.1) is 0 Å². The number of thioether (sulfide) groups is 1. The van der Waals surface area contributed by atoms with Crippen molar-refractivity contribution in [2.75, 3.05) is 0 Å². The first-order chi connectivity index (χ1) is 14.2. The first-order valence-corrected chi connectivity index (χ1v) is 10.7. The molecular formula is C21H19ClN4O2S. The van der Waals surface area contributed by atoms with Crippen LogP contribution in [0.3, 0.4) is 0 Å². The predicted molar refractivity (Wildman–Crippen MR) is 115 cm³/mol. The Morgan fingerprint density at radius 1 is 1.14 bits per heavy atom. The van der Waals surface area contributed by atoms with Crippen molar-refractivity contribution in [1.82, 2.24) is 19.7 Å². The Labute approximate surface area is 176 Å². The quantitative estimate of drug-likeness (QED) is 0.299. The second kappa shape index (κ2) is 8.80. The van der Waals surface area contributed by atoms with Crippen LogP contribution >= 0.6 is 23.4 Å². The number of nitrogens with zero attached hydrogens (tertiary/aromatic N) is 4. The lowest BCUT2D eigenvalue weighted by Gasteiger charge is -2.12. The van der Waals surface area contributed by atoms with Crippen LogP contribution in [0.5, 0.6) is 0 Å². The van der Waals surface area contributed by atoms with E-state index in [0.717, 1.165) is 18.4 Å². The summed E-state index contributed by atoms with van der Waals surface area (Å²) in [7, 11) is 0. The van der Waals surface area contributed by atoms with E-state index in [2.05, 4.69) is 17.1 Å². The molecule has 0 saturated carbocycles. The first-order valence-electron chi connectivity index (χ1n) is 9.36. The molecule has 148 valence electrons. The van der Waals surface area contributed by atoms with Crippen molar-refractivity contribution in [2.45, 2.75) is 37.2 Å². The smallest absolute Gasteiger partial charge is 0.262 e. The van der Waals surface area contributed by atoms with Gasteiger partial charge < -0.3 is 4.52 Å². The van der Waals surface area contributed by atoms with Crippen molar-refractivity contribution in [3.05, 3.63) is 69.8 Å². The Bertz CT molecular complexity index is 1200. The number of unbranched alkanes of at least 4 members (excludes halogenated alkanes) is 1. The standard InChI is InChI=1S/C21H19ClN4O2S/c1-2-3-11-26-20(27)16-9-4-5-10-17(16)23-21(26)29-13-18-24-19(25-28-18)14-7-6-8-15(22)12-14/h4-10,12H,2-3,11,13H2,1H3. The third kappa shape index (κ3) is 4.36. The lowest BCUT2D eigenvalue weighted by molar-refractivity contribution is 0.391. The molecule has 4 aromatic rings. The molecule has 2 aromatic carbocycles. The van der Waals surface area contributed by atoms with Crippen LogP contribution in [-0.4, -0.2) is 19.7 Å². The zero-order valence-electron chi connectivity index (χ0n) is 15.8. The van der Waals surface area contributed by atoms with Gasteiger partial charge in [-0.25, -0.2) is 4.98 Å². The molecule has 0 spiro atoms. The van der Waals surface area contributed by atoms with Gasteiger partial charge in [-0.3, -0.25) is 9.36 Å². The highest BCUT2D eigenvalue weighted by atomic mass is 35.5. The van der Waals surface area contributed by atoms with Gasteiger partial charge in [0, 0.05) is 17.1 Å². The number of benzene rings is 2. The number of hydrogen-bond donors (Lipinski definition) is 0. The third-order valence-corrected chi connectivity index (χ3v) is 5.63. The fourth-order valence-corrected chi connectivity index (χ4v) is 4.01. The molecule has 0 unspecified atom stereocenters. The van der Waals surface area contributed by atoms with E-state index in [1.807, 2.05) is 36.4 Å². The fraction of sp³-hybridized carbons (Fsp3) is 0.238. The topological polar surface area (TPSA) is 73.8 Å². The molecule has 8 heteroatoms. The van der Waals surface area contributed by atoms with E-state index in [-0.39, 0.29) is 5.56 Å². The van der Waals surface area contributed by atoms with Gasteiger partial charge in [0.15, 0.2) is 5.16 Å². The van der Waals surface area contributed by atoms with Crippen LogP contribution in [0.25, 0.3) is 22.3 Å². The zero-order chi connectivity index (χ0) is 20.2. The Morgan fingerprint density at radius 2 is 2.00 bits per heavy atom. The van der Waals surface area contributed by atoms with E-state index in [0.29, 0.717) is 45.1 Å². The lowest BCUT2D eigenvalue weighted by atomic mass is 10.2. The second-order valence-corrected chi connectivity index (χ2v) is 7.91. The van der Waals surface area contributed by atoms with Crippen LogP contribution in [-0.2, 0) is 12.3 Å². The van der Waals surface area contributed by atoms with E-state index < -0.39 is 0 Å². The highest BCUT2D eigenvalue weighted by Gasteiger charge is 2.14. The Balaban J connectivity index is 1.60. The molecule has 6 nitrogen and oxygen atoms in total. The number of fused-ring (bicyclic) bond motifs is 1. The summed E-state index contributed by atoms with van der Waals surface area (Å²) in [5.74, 6) is 1.37. The van der Waals surface area contributed by atoms with Crippen molar-refractivity contribution in [1.29, 1.82) is 0 Å². The minimum atomic E-state index is -0.0169. The predicted octanol–water partition coefficient (Wildman–Crippen LogP) is 5.19. The summed E-state index contributed by atoms with van der Waals surface area (Å²) < 4.78 is 7.12. The molecule has 0 radical (unpaired) electrons. The zero-order valence-corrected chi connectivity index (χ0v) is 17.4. The summed E-state index contributed by atoms with van der Waals surface area (Å²) in [5, 5.41) is 5.94. The highest BCUT2D eigenvalue weighted by molar-refractivity contribution is 7.98. The summed E-state index contributed by atoms with van der Waals surface area (Å²) >= 11 is 7.45. The van der Waals surface area contributed by atoms with Crippen molar-refractivity contribution in [3.8, 4) is 11.4 Å². The molecule has 0 amide bonds. The molecule has 0 aliphatic rings. The molecule has 2 aromatic heterocycles. The van der Waals surface area contributed by atoms with E-state index in [1.54, 1.807) is 16.7 Å². The van der Waals surface area contributed by atoms with Crippen LogP contribution < -0.4 is 5.56 Å². The van der Waals surface area contributed by atoms with E-state index in [4.69, 9.17) is 21.1 Å². The molecule has 0 atom stereocenters. The molecule has 4 rings (SSSR count). The average molecular weight is 427 g/mol. The number of rotatable bonds is 7. The lowest BCUT2D eigenvalue weighted by Crippen LogP contribution is -2.23. The Morgan fingerprint density at radius 3 is 2.83 bits per heavy atom. The fourth-order valence-electron chi connectivity index (χ4n) is 2.96. The maximum absolute atomic E-state index is 12.9. The van der Waals surface area contributed by atoms with Crippen molar-refractivity contribution < 1.29 is 4.52 Å². The van der Waals surface area contributed by atoms with Crippen molar-refractivity contribution in [2.24, 2.45) is 0 Å². The van der Waals surface area contributed by atoms with Crippen LogP contribution in [0.1, 0.15) is 25.7 Å². The van der Waals surface area contributed by atoms with Crippen molar-refractivity contribution >= 4 is 34.3 Å². The van der Waals surface area contributed by atoms with Gasteiger partial charge in [0.05, 0.1) is 16.7 Å². The molecule has 0 N–H and O–H groups in total. The number of para-hydroxylation sites is 1. The molecule has 0 bridgehead atoms. The average Bonchev–Trinajstić information content (AvgIpc) is 3.21. The molecule has 29 heavy (non-hydrogen) atoms. The van der Waals surface area contributed by atoms with E-state index in [1.165, 1.54) is 11.8 Å². The first kappa shape index (κ1) is 19.7. The number of hydrogen-bond acceptors (Lipinski definition) is 6. The maximum atomic E-state index is 12.9. The summed E-state index contributed by atoms with van der Waals surface area (Å²) in [6, 6.07) is 14.7. The van der Waals surface area contributed by atoms with Gasteiger partial charge >= 0.3 is 0 Å². The van der Waals surface area contributed by atoms with Gasteiger partial charge in [0.25, 0.3) is 5.56 Å². The third-order valence-electron chi connectivity index (χ3n) is 4.44. The molecule has 0 aliphatic carbocycles. The summed E-state index contributed by atoms with van der Waals surface area (Å²) in [4.78, 5) is 22.1. The molecule has 0 saturated heterocycles. The molecular weight excluding hydrogens is 408 g/mol. The normalized spacial score (nSPS) is 11.2. The van der Waals surface area contributed by atoms with E-state index in [9.17, 15) is 4.79 Å². The Hall–Kier alpha value is -2.64. The number of aromatic nitrogens is 4. The highest BCUT2D eigenvalue weighted by Crippen LogP contribution is 2.24. The summed E-state index contributed by atoms with van der Waals surface area (Å²) in [6.45, 7) is 2.73. The second-order valence-electron chi connectivity index (χ2n) is 6.53. The van der Waals surface area contributed by atoms with Gasteiger partial charge in [-0.2, -0.15) is 4.98 Å². The van der Waals surface area contributed by atoms with Gasteiger partial charge in [-0.05, 0) is 30.7 Å². The van der Waals surface area contributed by atoms with Crippen LogP contribution in [0.4, 0.5) is 0 Å². The molecule has 2 heterocycles. The van der Waals surface area contributed by atoms with Crippen molar-refractivity contribution in [3.63, 3.8) is 0 Å².